The summed E-state index contributed by atoms with van der Waals surface area (Å²) >= 11 is 0. The van der Waals surface area contributed by atoms with Crippen LogP contribution in [0, 0.1) is 13.8 Å². The summed E-state index contributed by atoms with van der Waals surface area (Å²) in [5.74, 6) is 1.55. The molecule has 2 rings (SSSR count). The Kier molecular flexibility index (Phi) is 3.07. The van der Waals surface area contributed by atoms with Gasteiger partial charge < -0.3 is 5.73 Å². The van der Waals surface area contributed by atoms with E-state index in [4.69, 9.17) is 5.73 Å². The van der Waals surface area contributed by atoms with E-state index in [0.717, 1.165) is 22.5 Å². The fourth-order valence-corrected chi connectivity index (χ4v) is 2.16. The van der Waals surface area contributed by atoms with Gasteiger partial charge in [-0.3, -0.25) is 4.68 Å². The lowest BCUT2D eigenvalue weighted by molar-refractivity contribution is 0.740. The minimum Gasteiger partial charge on any atom is -0.383 e. The van der Waals surface area contributed by atoms with Crippen LogP contribution in [0.4, 0.5) is 5.82 Å². The van der Waals surface area contributed by atoms with Crippen LogP contribution in [0.15, 0.2) is 6.20 Å². The highest BCUT2D eigenvalue weighted by Gasteiger charge is 2.15. The van der Waals surface area contributed by atoms with Crippen molar-refractivity contribution in [2.75, 3.05) is 5.73 Å². The van der Waals surface area contributed by atoms with E-state index in [0.29, 0.717) is 17.6 Å². The van der Waals surface area contributed by atoms with Gasteiger partial charge in [-0.15, -0.1) is 0 Å². The van der Waals surface area contributed by atoms with E-state index >= 15 is 0 Å². The van der Waals surface area contributed by atoms with Crippen molar-refractivity contribution < 1.29 is 0 Å². The molecule has 0 aliphatic heterocycles. The SMILES string of the molecule is Cc1nc(-c2cnn(C)c2C)nc(N)c1C(C)C. The van der Waals surface area contributed by atoms with Crippen molar-refractivity contribution in [1.29, 1.82) is 0 Å². The summed E-state index contributed by atoms with van der Waals surface area (Å²) in [4.78, 5) is 8.97. The maximum absolute atomic E-state index is 6.04. The van der Waals surface area contributed by atoms with Crippen LogP contribution in [0.5, 0.6) is 0 Å². The molecule has 0 atom stereocenters. The van der Waals surface area contributed by atoms with Crippen molar-refractivity contribution in [2.24, 2.45) is 7.05 Å². The lowest BCUT2D eigenvalue weighted by Gasteiger charge is -2.13. The molecule has 0 amide bonds. The van der Waals surface area contributed by atoms with Gasteiger partial charge in [0, 0.05) is 24.0 Å². The normalized spacial score (nSPS) is 11.2. The third-order valence-electron chi connectivity index (χ3n) is 3.22. The first-order valence-corrected chi connectivity index (χ1v) is 6.04. The first kappa shape index (κ1) is 12.5. The number of hydrogen-bond acceptors (Lipinski definition) is 4. The fourth-order valence-electron chi connectivity index (χ4n) is 2.16. The van der Waals surface area contributed by atoms with Crippen LogP contribution in [0.3, 0.4) is 0 Å². The topological polar surface area (TPSA) is 69.6 Å². The molecule has 0 saturated carbocycles. The van der Waals surface area contributed by atoms with Gasteiger partial charge in [0.25, 0.3) is 0 Å². The molecule has 0 saturated heterocycles. The van der Waals surface area contributed by atoms with Crippen molar-refractivity contribution in [3.8, 4) is 11.4 Å². The lowest BCUT2D eigenvalue weighted by Crippen LogP contribution is -2.07. The molecular formula is C13H19N5. The summed E-state index contributed by atoms with van der Waals surface area (Å²) in [5, 5.41) is 4.21. The average molecular weight is 245 g/mol. The number of nitrogens with zero attached hydrogens (tertiary/aromatic N) is 4. The van der Waals surface area contributed by atoms with Crippen LogP contribution in [-0.2, 0) is 7.05 Å². The van der Waals surface area contributed by atoms with E-state index < -0.39 is 0 Å². The van der Waals surface area contributed by atoms with Crippen molar-refractivity contribution in [1.82, 2.24) is 19.7 Å². The smallest absolute Gasteiger partial charge is 0.165 e. The van der Waals surface area contributed by atoms with Gasteiger partial charge in [0.2, 0.25) is 0 Å². The quantitative estimate of drug-likeness (QED) is 0.880. The number of aryl methyl sites for hydroxylation is 2. The average Bonchev–Trinajstić information content (AvgIpc) is 2.58. The zero-order valence-corrected chi connectivity index (χ0v) is 11.5. The second-order valence-electron chi connectivity index (χ2n) is 4.85. The highest BCUT2D eigenvalue weighted by Crippen LogP contribution is 2.27. The summed E-state index contributed by atoms with van der Waals surface area (Å²) in [6.07, 6.45) is 1.78. The molecule has 0 aliphatic rings. The zero-order chi connectivity index (χ0) is 13.4. The summed E-state index contributed by atoms with van der Waals surface area (Å²) < 4.78 is 1.81. The highest BCUT2D eigenvalue weighted by atomic mass is 15.3. The Morgan fingerprint density at radius 1 is 1.22 bits per heavy atom. The Labute approximate surface area is 107 Å². The molecule has 0 spiro atoms. The van der Waals surface area contributed by atoms with Gasteiger partial charge in [0.1, 0.15) is 5.82 Å². The van der Waals surface area contributed by atoms with Crippen LogP contribution >= 0.6 is 0 Å². The van der Waals surface area contributed by atoms with E-state index in [1.54, 1.807) is 10.9 Å². The molecule has 5 nitrogen and oxygen atoms in total. The number of rotatable bonds is 2. The number of hydrogen-bond donors (Lipinski definition) is 1. The van der Waals surface area contributed by atoms with Crippen LogP contribution < -0.4 is 5.73 Å². The van der Waals surface area contributed by atoms with Crippen molar-refractivity contribution in [2.45, 2.75) is 33.6 Å². The molecule has 0 radical (unpaired) electrons. The number of nitrogen functional groups attached to an aromatic ring is 1. The summed E-state index contributed by atoms with van der Waals surface area (Å²) in [7, 11) is 1.90. The van der Waals surface area contributed by atoms with Crippen LogP contribution in [0.25, 0.3) is 11.4 Å². The third-order valence-corrected chi connectivity index (χ3v) is 3.22. The molecule has 2 aromatic rings. The number of aromatic nitrogens is 4. The van der Waals surface area contributed by atoms with E-state index in [2.05, 4.69) is 28.9 Å². The van der Waals surface area contributed by atoms with Gasteiger partial charge in [-0.1, -0.05) is 13.8 Å². The Morgan fingerprint density at radius 3 is 2.33 bits per heavy atom. The summed E-state index contributed by atoms with van der Waals surface area (Å²) in [6.45, 7) is 8.16. The molecule has 2 aromatic heterocycles. The monoisotopic (exact) mass is 245 g/mol. The van der Waals surface area contributed by atoms with Crippen molar-refractivity contribution in [3.63, 3.8) is 0 Å². The zero-order valence-electron chi connectivity index (χ0n) is 11.5. The number of anilines is 1. The van der Waals surface area contributed by atoms with E-state index in [-0.39, 0.29) is 0 Å². The maximum atomic E-state index is 6.04. The maximum Gasteiger partial charge on any atom is 0.165 e. The van der Waals surface area contributed by atoms with Crippen LogP contribution in [0.2, 0.25) is 0 Å². The molecular weight excluding hydrogens is 226 g/mol. The lowest BCUT2D eigenvalue weighted by atomic mass is 10.0. The van der Waals surface area contributed by atoms with Gasteiger partial charge in [0.15, 0.2) is 5.82 Å². The van der Waals surface area contributed by atoms with Gasteiger partial charge in [-0.05, 0) is 19.8 Å². The third kappa shape index (κ3) is 1.96. The largest absolute Gasteiger partial charge is 0.383 e. The minimum atomic E-state index is 0.328. The van der Waals surface area contributed by atoms with E-state index in [1.807, 2.05) is 20.9 Å². The Balaban J connectivity index is 2.58. The summed E-state index contributed by atoms with van der Waals surface area (Å²) in [6, 6.07) is 0. The molecule has 0 aromatic carbocycles. The van der Waals surface area contributed by atoms with Crippen LogP contribution in [0.1, 0.15) is 36.7 Å². The predicted octanol–water partition coefficient (Wildman–Crippen LogP) is 2.20. The Morgan fingerprint density at radius 2 is 1.89 bits per heavy atom. The minimum absolute atomic E-state index is 0.328. The Bertz CT molecular complexity index is 560. The molecule has 2 N–H and O–H groups in total. The van der Waals surface area contributed by atoms with E-state index in [1.165, 1.54) is 0 Å². The molecule has 2 heterocycles. The number of nitrogens with two attached hydrogens (primary N) is 1. The summed E-state index contributed by atoms with van der Waals surface area (Å²) in [5.41, 5.74) is 9.97. The molecule has 18 heavy (non-hydrogen) atoms. The Hall–Kier alpha value is -1.91. The van der Waals surface area contributed by atoms with Gasteiger partial charge in [-0.2, -0.15) is 5.10 Å². The van der Waals surface area contributed by atoms with Crippen molar-refractivity contribution in [3.05, 3.63) is 23.1 Å². The highest BCUT2D eigenvalue weighted by molar-refractivity contribution is 5.60. The van der Waals surface area contributed by atoms with E-state index in [9.17, 15) is 0 Å². The molecule has 0 unspecified atom stereocenters. The predicted molar refractivity (Wildman–Crippen MR) is 72.2 cm³/mol. The van der Waals surface area contributed by atoms with Gasteiger partial charge >= 0.3 is 0 Å². The molecule has 0 bridgehead atoms. The fraction of sp³-hybridized carbons (Fsp3) is 0.462. The van der Waals surface area contributed by atoms with Crippen molar-refractivity contribution >= 4 is 5.82 Å². The molecule has 5 heteroatoms. The first-order chi connectivity index (χ1) is 8.41. The molecule has 0 aliphatic carbocycles. The second kappa shape index (κ2) is 4.40. The first-order valence-electron chi connectivity index (χ1n) is 6.04. The van der Waals surface area contributed by atoms with Gasteiger partial charge in [0.05, 0.1) is 11.8 Å². The van der Waals surface area contributed by atoms with Crippen LogP contribution in [-0.4, -0.2) is 19.7 Å². The second-order valence-corrected chi connectivity index (χ2v) is 4.85. The molecule has 96 valence electrons. The molecule has 0 fully saturated rings. The van der Waals surface area contributed by atoms with Gasteiger partial charge in [-0.25, -0.2) is 9.97 Å². The standard InChI is InChI=1S/C13H19N5/c1-7(2)11-8(3)16-13(17-12(11)14)10-6-15-18(5)9(10)4/h6-7H,1-5H3,(H2,14,16,17).